The van der Waals surface area contributed by atoms with Crippen molar-refractivity contribution in [2.45, 2.75) is 6.92 Å². The highest BCUT2D eigenvalue weighted by Gasteiger charge is 2.10. The molecule has 2 rings (SSSR count). The van der Waals surface area contributed by atoms with Crippen molar-refractivity contribution in [1.82, 2.24) is 0 Å². The Morgan fingerprint density at radius 1 is 0.913 bits per heavy atom. The van der Waals surface area contributed by atoms with Crippen molar-refractivity contribution in [2.24, 2.45) is 0 Å². The molecule has 0 atom stereocenters. The second kappa shape index (κ2) is 8.20. The lowest BCUT2D eigenvalue weighted by molar-refractivity contribution is 0.0224. The third-order valence-corrected chi connectivity index (χ3v) is 3.53. The van der Waals surface area contributed by atoms with E-state index in [4.69, 9.17) is 14.2 Å². The third kappa shape index (κ3) is 4.02. The molecule has 2 aromatic rings. The molecule has 2 aromatic carbocycles. The fourth-order valence-corrected chi connectivity index (χ4v) is 2.30. The maximum atomic E-state index is 5.62. The van der Waals surface area contributed by atoms with Gasteiger partial charge in [-0.3, -0.25) is 0 Å². The van der Waals surface area contributed by atoms with Crippen LogP contribution in [0.2, 0.25) is 0 Å². The minimum Gasteiger partial charge on any atom is -0.497 e. The minimum atomic E-state index is 0.232. The SMILES string of the molecule is C=Cc1ccc(OC)cc1-c1cc(OCOCC)ccc1C=C. The van der Waals surface area contributed by atoms with Crippen LogP contribution in [0.15, 0.2) is 49.6 Å². The average molecular weight is 310 g/mol. The van der Waals surface area contributed by atoms with E-state index < -0.39 is 0 Å². The van der Waals surface area contributed by atoms with Crippen LogP contribution in [-0.2, 0) is 4.74 Å². The summed E-state index contributed by atoms with van der Waals surface area (Å²) in [7, 11) is 1.66. The van der Waals surface area contributed by atoms with Gasteiger partial charge in [0.05, 0.1) is 7.11 Å². The van der Waals surface area contributed by atoms with Gasteiger partial charge >= 0.3 is 0 Å². The fourth-order valence-electron chi connectivity index (χ4n) is 2.30. The van der Waals surface area contributed by atoms with Gasteiger partial charge < -0.3 is 14.2 Å². The van der Waals surface area contributed by atoms with Gasteiger partial charge in [-0.05, 0) is 53.4 Å². The quantitative estimate of drug-likeness (QED) is 0.506. The Hall–Kier alpha value is -2.52. The molecule has 3 heteroatoms. The molecule has 0 unspecified atom stereocenters. The Morgan fingerprint density at radius 3 is 2.00 bits per heavy atom. The Kier molecular flexibility index (Phi) is 6.01. The van der Waals surface area contributed by atoms with Crippen molar-refractivity contribution >= 4 is 12.2 Å². The molecule has 0 aromatic heterocycles. The third-order valence-electron chi connectivity index (χ3n) is 3.53. The molecule has 0 saturated heterocycles. The van der Waals surface area contributed by atoms with Gasteiger partial charge in [-0.15, -0.1) is 0 Å². The van der Waals surface area contributed by atoms with Gasteiger partial charge in [0.15, 0.2) is 6.79 Å². The maximum absolute atomic E-state index is 5.62. The lowest BCUT2D eigenvalue weighted by atomic mass is 9.94. The molecule has 0 heterocycles. The lowest BCUT2D eigenvalue weighted by Crippen LogP contribution is -2.02. The van der Waals surface area contributed by atoms with E-state index in [9.17, 15) is 0 Å². The monoisotopic (exact) mass is 310 g/mol. The first-order chi connectivity index (χ1) is 11.2. The molecule has 0 aliphatic heterocycles. The van der Waals surface area contributed by atoms with E-state index in [-0.39, 0.29) is 6.79 Å². The Balaban J connectivity index is 2.49. The van der Waals surface area contributed by atoms with Crippen molar-refractivity contribution in [3.05, 3.63) is 60.7 Å². The van der Waals surface area contributed by atoms with Gasteiger partial charge in [-0.25, -0.2) is 0 Å². The summed E-state index contributed by atoms with van der Waals surface area (Å²) in [5.74, 6) is 1.54. The molecule has 0 amide bonds. The van der Waals surface area contributed by atoms with Gasteiger partial charge in [0.1, 0.15) is 11.5 Å². The van der Waals surface area contributed by atoms with Crippen LogP contribution in [0.3, 0.4) is 0 Å². The predicted octanol–water partition coefficient (Wildman–Crippen LogP) is 5.02. The number of benzene rings is 2. The van der Waals surface area contributed by atoms with Crippen LogP contribution in [0.1, 0.15) is 18.1 Å². The second-order valence-corrected chi connectivity index (χ2v) is 4.87. The fraction of sp³-hybridized carbons (Fsp3) is 0.200. The molecule has 3 nitrogen and oxygen atoms in total. The minimum absolute atomic E-state index is 0.232. The zero-order valence-electron chi connectivity index (χ0n) is 13.7. The second-order valence-electron chi connectivity index (χ2n) is 4.87. The standard InChI is InChI=1S/C20H22O3/c1-5-15-8-10-17(21-4)12-19(15)20-13-18(23-14-22-7-3)11-9-16(20)6-2/h5-6,8-13H,1-2,7,14H2,3-4H3. The van der Waals surface area contributed by atoms with Crippen LogP contribution in [0.4, 0.5) is 0 Å². The molecule has 0 N–H and O–H groups in total. The molecule has 0 aliphatic carbocycles. The van der Waals surface area contributed by atoms with Gasteiger partial charge in [0.25, 0.3) is 0 Å². The van der Waals surface area contributed by atoms with E-state index in [1.54, 1.807) is 7.11 Å². The average Bonchev–Trinajstić information content (AvgIpc) is 2.61. The van der Waals surface area contributed by atoms with Gasteiger partial charge in [0.2, 0.25) is 0 Å². The molecular formula is C20H22O3. The molecule has 23 heavy (non-hydrogen) atoms. The number of hydrogen-bond donors (Lipinski definition) is 0. The van der Waals surface area contributed by atoms with Crippen LogP contribution in [0, 0.1) is 0 Å². The lowest BCUT2D eigenvalue weighted by Gasteiger charge is -2.14. The number of hydrogen-bond acceptors (Lipinski definition) is 3. The number of rotatable bonds is 8. The summed E-state index contributed by atoms with van der Waals surface area (Å²) >= 11 is 0. The van der Waals surface area contributed by atoms with Crippen molar-refractivity contribution in [3.8, 4) is 22.6 Å². The topological polar surface area (TPSA) is 27.7 Å². The van der Waals surface area contributed by atoms with E-state index in [2.05, 4.69) is 13.2 Å². The highest BCUT2D eigenvalue weighted by Crippen LogP contribution is 2.34. The van der Waals surface area contributed by atoms with Crippen molar-refractivity contribution in [2.75, 3.05) is 20.5 Å². The van der Waals surface area contributed by atoms with Crippen LogP contribution in [0.25, 0.3) is 23.3 Å². The van der Waals surface area contributed by atoms with Gasteiger partial charge in [-0.1, -0.05) is 37.4 Å². The summed E-state index contributed by atoms with van der Waals surface area (Å²) < 4.78 is 16.2. The Labute approximate surface area is 137 Å². The summed E-state index contributed by atoms with van der Waals surface area (Å²) in [6, 6.07) is 11.8. The van der Waals surface area contributed by atoms with Gasteiger partial charge in [0, 0.05) is 6.61 Å². The van der Waals surface area contributed by atoms with Crippen LogP contribution in [-0.4, -0.2) is 20.5 Å². The molecule has 0 aliphatic rings. The van der Waals surface area contributed by atoms with Crippen molar-refractivity contribution < 1.29 is 14.2 Å². The molecule has 0 saturated carbocycles. The molecule has 120 valence electrons. The first-order valence-corrected chi connectivity index (χ1v) is 7.51. The molecule has 0 spiro atoms. The number of methoxy groups -OCH3 is 1. The summed E-state index contributed by atoms with van der Waals surface area (Å²) in [5.41, 5.74) is 4.08. The van der Waals surface area contributed by atoms with E-state index in [0.29, 0.717) is 6.61 Å². The number of ether oxygens (including phenoxy) is 3. The Morgan fingerprint density at radius 2 is 1.48 bits per heavy atom. The smallest absolute Gasteiger partial charge is 0.189 e. The summed E-state index contributed by atoms with van der Waals surface area (Å²) in [6.07, 6.45) is 3.66. The van der Waals surface area contributed by atoms with Crippen molar-refractivity contribution in [3.63, 3.8) is 0 Å². The molecular weight excluding hydrogens is 288 g/mol. The normalized spacial score (nSPS) is 10.2. The molecule has 0 fully saturated rings. The zero-order valence-corrected chi connectivity index (χ0v) is 13.7. The predicted molar refractivity (Wildman–Crippen MR) is 95.7 cm³/mol. The maximum Gasteiger partial charge on any atom is 0.189 e. The first-order valence-electron chi connectivity index (χ1n) is 7.51. The van der Waals surface area contributed by atoms with Crippen LogP contribution in [0.5, 0.6) is 11.5 Å². The Bertz CT molecular complexity index is 689. The zero-order chi connectivity index (χ0) is 16.7. The highest BCUT2D eigenvalue weighted by molar-refractivity contribution is 5.82. The highest BCUT2D eigenvalue weighted by atomic mass is 16.7. The molecule has 0 radical (unpaired) electrons. The van der Waals surface area contributed by atoms with Crippen LogP contribution < -0.4 is 9.47 Å². The van der Waals surface area contributed by atoms with E-state index in [1.165, 1.54) is 0 Å². The largest absolute Gasteiger partial charge is 0.497 e. The first kappa shape index (κ1) is 16.8. The van der Waals surface area contributed by atoms with E-state index >= 15 is 0 Å². The van der Waals surface area contributed by atoms with Crippen LogP contribution >= 0.6 is 0 Å². The van der Waals surface area contributed by atoms with E-state index in [1.807, 2.05) is 55.5 Å². The summed E-state index contributed by atoms with van der Waals surface area (Å²) in [5, 5.41) is 0. The molecule has 0 bridgehead atoms. The van der Waals surface area contributed by atoms with Gasteiger partial charge in [-0.2, -0.15) is 0 Å². The van der Waals surface area contributed by atoms with Crippen molar-refractivity contribution in [1.29, 1.82) is 0 Å². The van der Waals surface area contributed by atoms with E-state index in [0.717, 1.165) is 33.8 Å². The summed E-state index contributed by atoms with van der Waals surface area (Å²) in [4.78, 5) is 0. The summed E-state index contributed by atoms with van der Waals surface area (Å²) in [6.45, 7) is 10.6.